The predicted molar refractivity (Wildman–Crippen MR) is 97.1 cm³/mol. The summed E-state index contributed by atoms with van der Waals surface area (Å²) in [5.41, 5.74) is 4.14. The first-order chi connectivity index (χ1) is 12.4. The van der Waals surface area contributed by atoms with Crippen LogP contribution in [0.15, 0.2) is 47.9 Å². The molecular formula is C18H18N4O3S. The summed E-state index contributed by atoms with van der Waals surface area (Å²) in [6, 6.07) is 7.22. The summed E-state index contributed by atoms with van der Waals surface area (Å²) in [5, 5.41) is 1.63. The SMILES string of the molecule is Cc1ncn(-c2ccc(NC(=O)C3Cc4c[nH]cc4S3(=O)=O)cc2)c1C. The summed E-state index contributed by atoms with van der Waals surface area (Å²) in [5.74, 6) is -0.511. The van der Waals surface area contributed by atoms with E-state index in [1.54, 1.807) is 24.7 Å². The van der Waals surface area contributed by atoms with E-state index in [1.165, 1.54) is 6.20 Å². The van der Waals surface area contributed by atoms with Crippen molar-refractivity contribution in [3.05, 3.63) is 59.9 Å². The lowest BCUT2D eigenvalue weighted by Gasteiger charge is -2.12. The lowest BCUT2D eigenvalue weighted by atomic mass is 10.2. The van der Waals surface area contributed by atoms with Crippen molar-refractivity contribution >= 4 is 21.4 Å². The minimum absolute atomic E-state index is 0.193. The van der Waals surface area contributed by atoms with Crippen LogP contribution in [0.25, 0.3) is 5.69 Å². The molecule has 0 spiro atoms. The Morgan fingerprint density at radius 3 is 2.58 bits per heavy atom. The Kier molecular flexibility index (Phi) is 3.73. The van der Waals surface area contributed by atoms with Gasteiger partial charge in [0.15, 0.2) is 9.84 Å². The second-order valence-electron chi connectivity index (χ2n) is 6.40. The first-order valence-corrected chi connectivity index (χ1v) is 9.74. The third-order valence-electron chi connectivity index (χ3n) is 4.83. The van der Waals surface area contributed by atoms with Crippen LogP contribution < -0.4 is 5.32 Å². The van der Waals surface area contributed by atoms with Crippen LogP contribution in [0.1, 0.15) is 17.0 Å². The van der Waals surface area contributed by atoms with Crippen LogP contribution >= 0.6 is 0 Å². The molecule has 1 unspecified atom stereocenters. The van der Waals surface area contributed by atoms with E-state index in [9.17, 15) is 13.2 Å². The Bertz CT molecular complexity index is 1090. The van der Waals surface area contributed by atoms with Gasteiger partial charge in [0.1, 0.15) is 5.25 Å². The van der Waals surface area contributed by atoms with Gasteiger partial charge in [-0.15, -0.1) is 0 Å². The van der Waals surface area contributed by atoms with Crippen LogP contribution in [0, 0.1) is 13.8 Å². The van der Waals surface area contributed by atoms with Gasteiger partial charge in [0.2, 0.25) is 5.91 Å². The van der Waals surface area contributed by atoms with E-state index in [4.69, 9.17) is 0 Å². The number of carbonyl (C=O) groups excluding carboxylic acids is 1. The van der Waals surface area contributed by atoms with Gasteiger partial charge < -0.3 is 14.9 Å². The molecule has 3 aromatic rings. The molecule has 8 heteroatoms. The van der Waals surface area contributed by atoms with E-state index in [0.29, 0.717) is 11.3 Å². The maximum atomic E-state index is 12.5. The van der Waals surface area contributed by atoms with Gasteiger partial charge in [0.25, 0.3) is 0 Å². The lowest BCUT2D eigenvalue weighted by Crippen LogP contribution is -2.33. The number of H-pyrrole nitrogens is 1. The van der Waals surface area contributed by atoms with Gasteiger partial charge in [-0.25, -0.2) is 13.4 Å². The molecule has 1 atom stereocenters. The minimum Gasteiger partial charge on any atom is -0.366 e. The number of benzene rings is 1. The standard InChI is InChI=1S/C18H18N4O3S/c1-11-12(2)22(10-20-11)15-5-3-14(4-6-15)21-18(23)16-7-13-8-19-9-17(13)26(16,24)25/h3-6,8-10,16,19H,7H2,1-2H3,(H,21,23). The average Bonchev–Trinajstić information content (AvgIpc) is 3.27. The molecule has 2 N–H and O–H groups in total. The van der Waals surface area contributed by atoms with E-state index in [-0.39, 0.29) is 11.3 Å². The minimum atomic E-state index is -3.63. The van der Waals surface area contributed by atoms with Crippen molar-refractivity contribution < 1.29 is 13.2 Å². The Balaban J connectivity index is 1.52. The zero-order valence-corrected chi connectivity index (χ0v) is 15.2. The van der Waals surface area contributed by atoms with E-state index >= 15 is 0 Å². The number of hydrogen-bond donors (Lipinski definition) is 2. The number of aromatic nitrogens is 3. The topological polar surface area (TPSA) is 96.8 Å². The number of nitrogens with one attached hydrogen (secondary N) is 2. The first kappa shape index (κ1) is 16.6. The number of fused-ring (bicyclic) bond motifs is 1. The van der Waals surface area contributed by atoms with Crippen molar-refractivity contribution in [1.29, 1.82) is 0 Å². The summed E-state index contributed by atoms with van der Waals surface area (Å²) in [7, 11) is -3.63. The summed E-state index contributed by atoms with van der Waals surface area (Å²) in [4.78, 5) is 19.8. The molecule has 0 radical (unpaired) electrons. The summed E-state index contributed by atoms with van der Waals surface area (Å²) in [6.45, 7) is 3.93. The van der Waals surface area contributed by atoms with Crippen LogP contribution in [-0.4, -0.2) is 34.1 Å². The number of aryl methyl sites for hydroxylation is 1. The molecule has 0 aliphatic carbocycles. The Morgan fingerprint density at radius 2 is 1.96 bits per heavy atom. The smallest absolute Gasteiger partial charge is 0.243 e. The number of amides is 1. The van der Waals surface area contributed by atoms with Gasteiger partial charge in [-0.2, -0.15) is 0 Å². The fourth-order valence-electron chi connectivity index (χ4n) is 3.19. The van der Waals surface area contributed by atoms with E-state index < -0.39 is 21.0 Å². The number of sulfone groups is 1. The highest BCUT2D eigenvalue weighted by Crippen LogP contribution is 2.31. The highest BCUT2D eigenvalue weighted by molar-refractivity contribution is 7.93. The van der Waals surface area contributed by atoms with E-state index in [0.717, 1.165) is 17.1 Å². The molecule has 1 aromatic carbocycles. The molecule has 4 rings (SSSR count). The molecule has 2 aromatic heterocycles. The Labute approximate surface area is 151 Å². The first-order valence-electron chi connectivity index (χ1n) is 8.19. The third kappa shape index (κ3) is 2.53. The monoisotopic (exact) mass is 370 g/mol. The second-order valence-corrected chi connectivity index (χ2v) is 8.50. The molecule has 3 heterocycles. The maximum Gasteiger partial charge on any atom is 0.243 e. The molecule has 0 saturated heterocycles. The Hall–Kier alpha value is -2.87. The van der Waals surface area contributed by atoms with Gasteiger partial charge in [0.05, 0.1) is 16.9 Å². The molecule has 0 saturated carbocycles. The number of rotatable bonds is 3. The summed E-state index contributed by atoms with van der Waals surface area (Å²) in [6.07, 6.45) is 5.00. The highest BCUT2D eigenvalue weighted by Gasteiger charge is 2.42. The molecule has 0 fully saturated rings. The predicted octanol–water partition coefficient (Wildman–Crippen LogP) is 2.15. The molecule has 26 heavy (non-hydrogen) atoms. The van der Waals surface area contributed by atoms with Crippen molar-refractivity contribution in [2.75, 3.05) is 5.32 Å². The molecule has 134 valence electrons. The Morgan fingerprint density at radius 1 is 1.23 bits per heavy atom. The fraction of sp³-hybridized carbons (Fsp3) is 0.222. The van der Waals surface area contributed by atoms with Gasteiger partial charge in [-0.1, -0.05) is 0 Å². The number of anilines is 1. The fourth-order valence-corrected chi connectivity index (χ4v) is 4.98. The molecule has 7 nitrogen and oxygen atoms in total. The third-order valence-corrected chi connectivity index (χ3v) is 6.96. The van der Waals surface area contributed by atoms with Crippen molar-refractivity contribution in [2.24, 2.45) is 0 Å². The van der Waals surface area contributed by atoms with Crippen LogP contribution in [0.2, 0.25) is 0 Å². The van der Waals surface area contributed by atoms with Crippen LogP contribution in [0.4, 0.5) is 5.69 Å². The zero-order chi connectivity index (χ0) is 18.5. The maximum absolute atomic E-state index is 12.5. The van der Waals surface area contributed by atoms with Crippen LogP contribution in [0.5, 0.6) is 0 Å². The normalized spacial score (nSPS) is 17.8. The zero-order valence-electron chi connectivity index (χ0n) is 14.4. The van der Waals surface area contributed by atoms with Crippen molar-refractivity contribution in [3.8, 4) is 5.69 Å². The second kappa shape index (κ2) is 5.84. The molecular weight excluding hydrogens is 352 g/mol. The summed E-state index contributed by atoms with van der Waals surface area (Å²) < 4.78 is 26.9. The largest absolute Gasteiger partial charge is 0.366 e. The van der Waals surface area contributed by atoms with Gasteiger partial charge in [-0.3, -0.25) is 4.79 Å². The van der Waals surface area contributed by atoms with E-state index in [2.05, 4.69) is 15.3 Å². The molecule has 0 bridgehead atoms. The van der Waals surface area contributed by atoms with Crippen molar-refractivity contribution in [3.63, 3.8) is 0 Å². The quantitative estimate of drug-likeness (QED) is 0.738. The van der Waals surface area contributed by atoms with Gasteiger partial charge >= 0.3 is 0 Å². The number of carbonyl (C=O) groups is 1. The van der Waals surface area contributed by atoms with Crippen molar-refractivity contribution in [2.45, 2.75) is 30.4 Å². The van der Waals surface area contributed by atoms with Gasteiger partial charge in [0, 0.05) is 35.9 Å². The number of nitrogens with zero attached hydrogens (tertiary/aromatic N) is 2. The molecule has 1 aliphatic heterocycles. The van der Waals surface area contributed by atoms with Gasteiger partial charge in [-0.05, 0) is 43.7 Å². The summed E-state index contributed by atoms with van der Waals surface area (Å²) >= 11 is 0. The van der Waals surface area contributed by atoms with Crippen molar-refractivity contribution in [1.82, 2.24) is 14.5 Å². The highest BCUT2D eigenvalue weighted by atomic mass is 32.2. The number of imidazole rings is 1. The van der Waals surface area contributed by atoms with Crippen LogP contribution in [0.3, 0.4) is 0 Å². The molecule has 1 aliphatic rings. The number of aromatic amines is 1. The lowest BCUT2D eigenvalue weighted by molar-refractivity contribution is -0.115. The number of hydrogen-bond acceptors (Lipinski definition) is 4. The van der Waals surface area contributed by atoms with Crippen LogP contribution in [-0.2, 0) is 21.1 Å². The molecule has 1 amide bonds. The average molecular weight is 370 g/mol. The van der Waals surface area contributed by atoms with E-state index in [1.807, 2.05) is 30.5 Å².